The van der Waals surface area contributed by atoms with Crippen molar-refractivity contribution >= 4 is 0 Å². The maximum Gasteiger partial charge on any atom is -0.0392 e. The van der Waals surface area contributed by atoms with Crippen LogP contribution in [0, 0.1) is 27.7 Å². The van der Waals surface area contributed by atoms with E-state index in [0.717, 1.165) is 0 Å². The van der Waals surface area contributed by atoms with Gasteiger partial charge >= 0.3 is 0 Å². The van der Waals surface area contributed by atoms with Gasteiger partial charge in [-0.05, 0) is 49.9 Å². The molecule has 0 heterocycles. The van der Waals surface area contributed by atoms with Crippen molar-refractivity contribution in [3.05, 3.63) is 34.4 Å². The summed E-state index contributed by atoms with van der Waals surface area (Å²) in [5.41, 5.74) is 5.64. The molecule has 0 saturated carbocycles. The first-order valence-electron chi connectivity index (χ1n) is 9.07. The van der Waals surface area contributed by atoms with Gasteiger partial charge in [0.2, 0.25) is 0 Å². The van der Waals surface area contributed by atoms with E-state index in [2.05, 4.69) is 53.7 Å². The van der Waals surface area contributed by atoms with E-state index < -0.39 is 0 Å². The molecule has 0 heteroatoms. The number of rotatable bonds is 8. The minimum Gasteiger partial charge on any atom is -0.0654 e. The van der Waals surface area contributed by atoms with E-state index in [1.165, 1.54) is 80.0 Å². The lowest BCUT2D eigenvalue weighted by atomic mass is 10.0. The van der Waals surface area contributed by atoms with Crippen LogP contribution in [0.15, 0.2) is 12.1 Å². The first-order chi connectivity index (χ1) is 10.0. The highest BCUT2D eigenvalue weighted by Crippen LogP contribution is 2.15. The van der Waals surface area contributed by atoms with Gasteiger partial charge in [-0.1, -0.05) is 83.8 Å². The lowest BCUT2D eigenvalue weighted by Gasteiger charge is -2.06. The summed E-state index contributed by atoms with van der Waals surface area (Å²) in [7, 11) is 0. The first kappa shape index (κ1) is 20.2. The SMILES string of the molecule is CCCCCCCCCCC.Cc1ccc(C)c(C)c1C. The molecular weight excluding hydrogens is 252 g/mol. The highest BCUT2D eigenvalue weighted by Gasteiger charge is 1.97. The molecule has 0 saturated heterocycles. The standard InChI is InChI=1S/C11H24.C10H14/c1-3-5-7-9-11-10-8-6-4-2;1-7-5-6-8(2)10(4)9(7)3/h3-11H2,1-2H3;5-6H,1-4H3. The molecule has 1 rings (SSSR count). The maximum absolute atomic E-state index is 2.27. The van der Waals surface area contributed by atoms with Gasteiger partial charge in [0.1, 0.15) is 0 Å². The Morgan fingerprint density at radius 2 is 0.810 bits per heavy atom. The van der Waals surface area contributed by atoms with Gasteiger partial charge in [-0.3, -0.25) is 0 Å². The summed E-state index contributed by atoms with van der Waals surface area (Å²) in [6.45, 7) is 13.2. The fourth-order valence-electron chi connectivity index (χ4n) is 2.48. The summed E-state index contributed by atoms with van der Waals surface area (Å²) in [4.78, 5) is 0. The Morgan fingerprint density at radius 1 is 0.524 bits per heavy atom. The average Bonchev–Trinajstić information content (AvgIpc) is 2.49. The third-order valence-electron chi connectivity index (χ3n) is 4.54. The van der Waals surface area contributed by atoms with Crippen molar-refractivity contribution in [1.82, 2.24) is 0 Å². The number of hydrogen-bond acceptors (Lipinski definition) is 0. The van der Waals surface area contributed by atoms with Crippen molar-refractivity contribution in [2.24, 2.45) is 0 Å². The normalized spacial score (nSPS) is 10.2. The van der Waals surface area contributed by atoms with Gasteiger partial charge in [0, 0.05) is 0 Å². The topological polar surface area (TPSA) is 0 Å². The summed E-state index contributed by atoms with van der Waals surface area (Å²) < 4.78 is 0. The van der Waals surface area contributed by atoms with Crippen LogP contribution in [0.2, 0.25) is 0 Å². The van der Waals surface area contributed by atoms with E-state index in [0.29, 0.717) is 0 Å². The molecular formula is C21H38. The molecule has 0 nitrogen and oxygen atoms in total. The maximum atomic E-state index is 2.27. The molecule has 0 aromatic heterocycles. The Bertz CT molecular complexity index is 328. The van der Waals surface area contributed by atoms with Crippen LogP contribution < -0.4 is 0 Å². The van der Waals surface area contributed by atoms with E-state index in [4.69, 9.17) is 0 Å². The summed E-state index contributed by atoms with van der Waals surface area (Å²) in [6, 6.07) is 4.36. The van der Waals surface area contributed by atoms with Crippen LogP contribution in [-0.4, -0.2) is 0 Å². The Kier molecular flexibility index (Phi) is 12.4. The predicted molar refractivity (Wildman–Crippen MR) is 98.3 cm³/mol. The van der Waals surface area contributed by atoms with Gasteiger partial charge in [0.05, 0.1) is 0 Å². The predicted octanol–water partition coefficient (Wildman–Crippen LogP) is 7.46. The highest BCUT2D eigenvalue weighted by atomic mass is 14.0. The van der Waals surface area contributed by atoms with Crippen molar-refractivity contribution in [2.75, 3.05) is 0 Å². The van der Waals surface area contributed by atoms with Crippen LogP contribution in [0.1, 0.15) is 93.9 Å². The highest BCUT2D eigenvalue weighted by molar-refractivity contribution is 5.37. The molecule has 0 unspecified atom stereocenters. The molecule has 0 radical (unpaired) electrons. The molecule has 21 heavy (non-hydrogen) atoms. The van der Waals surface area contributed by atoms with Crippen molar-refractivity contribution in [1.29, 1.82) is 0 Å². The van der Waals surface area contributed by atoms with Crippen molar-refractivity contribution in [3.63, 3.8) is 0 Å². The summed E-state index contributed by atoms with van der Waals surface area (Å²) in [6.07, 6.45) is 13.0. The minimum atomic E-state index is 1.37. The average molecular weight is 291 g/mol. The van der Waals surface area contributed by atoms with Crippen LogP contribution in [0.4, 0.5) is 0 Å². The Hall–Kier alpha value is -0.780. The second-order valence-electron chi connectivity index (χ2n) is 6.42. The molecule has 0 aliphatic rings. The van der Waals surface area contributed by atoms with Crippen molar-refractivity contribution < 1.29 is 0 Å². The summed E-state index contributed by atoms with van der Waals surface area (Å²) in [5.74, 6) is 0. The number of aryl methyl sites for hydroxylation is 2. The Balaban J connectivity index is 0.000000382. The van der Waals surface area contributed by atoms with E-state index in [9.17, 15) is 0 Å². The van der Waals surface area contributed by atoms with Gasteiger partial charge in [-0.2, -0.15) is 0 Å². The molecule has 0 fully saturated rings. The zero-order valence-electron chi connectivity index (χ0n) is 15.5. The second kappa shape index (κ2) is 12.9. The third-order valence-corrected chi connectivity index (χ3v) is 4.54. The smallest absolute Gasteiger partial charge is 0.0392 e. The van der Waals surface area contributed by atoms with Crippen LogP contribution in [-0.2, 0) is 0 Å². The molecule has 0 N–H and O–H groups in total. The molecule has 0 atom stereocenters. The third kappa shape index (κ3) is 9.72. The van der Waals surface area contributed by atoms with Crippen LogP contribution in [0.3, 0.4) is 0 Å². The monoisotopic (exact) mass is 290 g/mol. The van der Waals surface area contributed by atoms with E-state index in [-0.39, 0.29) is 0 Å². The van der Waals surface area contributed by atoms with Gasteiger partial charge in [0.15, 0.2) is 0 Å². The molecule has 0 spiro atoms. The fourth-order valence-corrected chi connectivity index (χ4v) is 2.48. The van der Waals surface area contributed by atoms with E-state index >= 15 is 0 Å². The number of unbranched alkanes of at least 4 members (excludes halogenated alkanes) is 8. The zero-order valence-corrected chi connectivity index (χ0v) is 15.5. The molecule has 122 valence electrons. The molecule has 0 amide bonds. The van der Waals surface area contributed by atoms with Gasteiger partial charge in [0.25, 0.3) is 0 Å². The Labute approximate surface area is 134 Å². The van der Waals surface area contributed by atoms with E-state index in [1.54, 1.807) is 0 Å². The van der Waals surface area contributed by atoms with Gasteiger partial charge < -0.3 is 0 Å². The van der Waals surface area contributed by atoms with Crippen LogP contribution in [0.25, 0.3) is 0 Å². The van der Waals surface area contributed by atoms with E-state index in [1.807, 2.05) is 0 Å². The van der Waals surface area contributed by atoms with Gasteiger partial charge in [-0.15, -0.1) is 0 Å². The molecule has 0 aliphatic carbocycles. The minimum absolute atomic E-state index is 1.37. The lowest BCUT2D eigenvalue weighted by molar-refractivity contribution is 0.572. The Morgan fingerprint density at radius 3 is 1.10 bits per heavy atom. The lowest BCUT2D eigenvalue weighted by Crippen LogP contribution is -1.88. The largest absolute Gasteiger partial charge is 0.0654 e. The molecule has 0 aliphatic heterocycles. The summed E-state index contributed by atoms with van der Waals surface area (Å²) >= 11 is 0. The number of hydrogen-bond donors (Lipinski definition) is 0. The molecule has 1 aromatic rings. The van der Waals surface area contributed by atoms with Crippen LogP contribution in [0.5, 0.6) is 0 Å². The van der Waals surface area contributed by atoms with Crippen molar-refractivity contribution in [2.45, 2.75) is 99.3 Å². The zero-order chi connectivity index (χ0) is 16.1. The van der Waals surface area contributed by atoms with Gasteiger partial charge in [-0.25, -0.2) is 0 Å². The van der Waals surface area contributed by atoms with Crippen LogP contribution >= 0.6 is 0 Å². The summed E-state index contributed by atoms with van der Waals surface area (Å²) in [5, 5.41) is 0. The second-order valence-corrected chi connectivity index (χ2v) is 6.42. The number of benzene rings is 1. The fraction of sp³-hybridized carbons (Fsp3) is 0.714. The molecule has 0 bridgehead atoms. The first-order valence-corrected chi connectivity index (χ1v) is 9.07. The quantitative estimate of drug-likeness (QED) is 0.436. The molecule has 1 aromatic carbocycles. The van der Waals surface area contributed by atoms with Crippen molar-refractivity contribution in [3.8, 4) is 0 Å².